The molecule has 3 aromatic rings. The lowest BCUT2D eigenvalue weighted by Gasteiger charge is -2.37. The summed E-state index contributed by atoms with van der Waals surface area (Å²) in [5, 5.41) is 20.8. The van der Waals surface area contributed by atoms with E-state index in [-0.39, 0.29) is 5.78 Å². The summed E-state index contributed by atoms with van der Waals surface area (Å²) in [6, 6.07) is 26.2. The number of Topliss-reactive ketones (excluding diaryl/α,β-unsaturated/α-hetero) is 1. The van der Waals surface area contributed by atoms with Gasteiger partial charge in [0.1, 0.15) is 18.0 Å². The van der Waals surface area contributed by atoms with E-state index in [1.807, 2.05) is 42.5 Å². The zero-order valence-corrected chi connectivity index (χ0v) is 17.0. The van der Waals surface area contributed by atoms with Crippen LogP contribution in [0, 0.1) is 34.4 Å². The van der Waals surface area contributed by atoms with Gasteiger partial charge >= 0.3 is 0 Å². The van der Waals surface area contributed by atoms with E-state index in [1.165, 1.54) is 12.1 Å². The molecule has 5 heteroatoms. The molecule has 1 fully saturated rings. The van der Waals surface area contributed by atoms with E-state index in [9.17, 15) is 19.7 Å². The number of carbonyl (C=O) groups excluding carboxylic acids is 1. The van der Waals surface area contributed by atoms with Crippen molar-refractivity contribution < 1.29 is 9.18 Å². The molecule has 1 saturated heterocycles. The monoisotopic (exact) mass is 419 g/mol. The highest BCUT2D eigenvalue weighted by Gasteiger charge is 2.63. The van der Waals surface area contributed by atoms with Gasteiger partial charge in [0.15, 0.2) is 5.78 Å². The van der Waals surface area contributed by atoms with Crippen molar-refractivity contribution in [3.05, 3.63) is 107 Å². The first-order valence-electron chi connectivity index (χ1n) is 10.3. The average molecular weight is 419 g/mol. The molecule has 0 aliphatic carbocycles. The summed E-state index contributed by atoms with van der Waals surface area (Å²) >= 11 is 0. The predicted octanol–water partition coefficient (Wildman–Crippen LogP) is 5.11. The van der Waals surface area contributed by atoms with Gasteiger partial charge in [0.2, 0.25) is 5.54 Å². The second-order valence-electron chi connectivity index (χ2n) is 8.05. The van der Waals surface area contributed by atoms with Crippen LogP contribution >= 0.6 is 0 Å². The third-order valence-corrected chi connectivity index (χ3v) is 6.46. The van der Waals surface area contributed by atoms with Crippen LogP contribution in [-0.2, 0) is 0 Å². The molecule has 3 atom stereocenters. The molecule has 0 aromatic heterocycles. The first-order chi connectivity index (χ1) is 15.6. The average Bonchev–Trinajstić information content (AvgIpc) is 3.15. The molecule has 0 saturated carbocycles. The molecule has 32 heavy (non-hydrogen) atoms. The number of anilines is 1. The summed E-state index contributed by atoms with van der Waals surface area (Å²) in [6.07, 6.45) is 3.84. The number of carbonyl (C=O) groups is 1. The van der Waals surface area contributed by atoms with Crippen LogP contribution in [-0.4, -0.2) is 17.4 Å². The Morgan fingerprint density at radius 3 is 2.25 bits per heavy atom. The molecule has 0 bridgehead atoms. The number of para-hydroxylation sites is 1. The van der Waals surface area contributed by atoms with Crippen LogP contribution in [0.1, 0.15) is 27.4 Å². The van der Waals surface area contributed by atoms with Gasteiger partial charge < -0.3 is 4.90 Å². The highest BCUT2D eigenvalue weighted by Crippen LogP contribution is 2.54. The van der Waals surface area contributed by atoms with Gasteiger partial charge in [0, 0.05) is 17.2 Å². The van der Waals surface area contributed by atoms with Crippen molar-refractivity contribution in [2.24, 2.45) is 5.92 Å². The van der Waals surface area contributed by atoms with E-state index in [4.69, 9.17) is 0 Å². The van der Waals surface area contributed by atoms with Gasteiger partial charge in [0.05, 0.1) is 12.0 Å². The topological polar surface area (TPSA) is 67.9 Å². The molecular weight excluding hydrogens is 401 g/mol. The highest BCUT2D eigenvalue weighted by atomic mass is 19.1. The molecule has 0 amide bonds. The number of hydrogen-bond donors (Lipinski definition) is 0. The molecule has 154 valence electrons. The Labute approximate surface area is 185 Å². The Balaban J connectivity index is 1.78. The van der Waals surface area contributed by atoms with E-state index in [0.29, 0.717) is 11.1 Å². The van der Waals surface area contributed by atoms with E-state index in [0.717, 1.165) is 11.3 Å². The normalized spacial score (nSPS) is 22.3. The van der Waals surface area contributed by atoms with Crippen molar-refractivity contribution in [3.63, 3.8) is 0 Å². The lowest BCUT2D eigenvalue weighted by atomic mass is 9.72. The maximum atomic E-state index is 13.8. The Morgan fingerprint density at radius 2 is 1.56 bits per heavy atom. The SMILES string of the molecule is N#CC1(C#N)[C@H](c2ccc(F)cc2)[C@H](C(=O)c2ccccc2)[C@H]2C=Cc3ccccc3N21. The van der Waals surface area contributed by atoms with Crippen molar-refractivity contribution >= 4 is 17.5 Å². The largest absolute Gasteiger partial charge is 0.333 e. The minimum atomic E-state index is -1.64. The number of benzene rings is 3. The third-order valence-electron chi connectivity index (χ3n) is 6.46. The number of rotatable bonds is 3. The zero-order valence-electron chi connectivity index (χ0n) is 17.0. The Hall–Kier alpha value is -4.22. The maximum absolute atomic E-state index is 13.8. The summed E-state index contributed by atoms with van der Waals surface area (Å²) in [5.74, 6) is -2.04. The fourth-order valence-electron chi connectivity index (χ4n) is 5.10. The highest BCUT2D eigenvalue weighted by molar-refractivity contribution is 6.01. The van der Waals surface area contributed by atoms with Crippen LogP contribution < -0.4 is 4.90 Å². The van der Waals surface area contributed by atoms with Gasteiger partial charge in [-0.2, -0.15) is 10.5 Å². The van der Waals surface area contributed by atoms with Gasteiger partial charge in [-0.15, -0.1) is 0 Å². The standard InChI is InChI=1S/C27H18FN3O/c28-21-13-10-19(11-14-21)25-24(26(32)20-7-2-1-3-8-20)23-15-12-18-6-4-5-9-22(18)31(23)27(25,16-29)17-30/h1-15,23-25H/t23-,24-,25-/m1/s1. The van der Waals surface area contributed by atoms with Crippen LogP contribution in [0.4, 0.5) is 10.1 Å². The molecule has 2 heterocycles. The Morgan fingerprint density at radius 1 is 0.906 bits per heavy atom. The van der Waals surface area contributed by atoms with Gasteiger partial charge in [-0.25, -0.2) is 4.39 Å². The van der Waals surface area contributed by atoms with Crippen molar-refractivity contribution in [1.29, 1.82) is 10.5 Å². The molecule has 0 spiro atoms. The van der Waals surface area contributed by atoms with Gasteiger partial charge in [-0.3, -0.25) is 4.79 Å². The van der Waals surface area contributed by atoms with Crippen molar-refractivity contribution in [2.75, 3.05) is 4.90 Å². The van der Waals surface area contributed by atoms with Crippen LogP contribution in [0.3, 0.4) is 0 Å². The third kappa shape index (κ3) is 2.76. The lowest BCUT2D eigenvalue weighted by molar-refractivity contribution is 0.0906. The minimum absolute atomic E-state index is 0.147. The molecule has 0 unspecified atom stereocenters. The molecule has 0 N–H and O–H groups in total. The summed E-state index contributed by atoms with van der Waals surface area (Å²) in [4.78, 5) is 15.6. The molecule has 2 aliphatic heterocycles. The summed E-state index contributed by atoms with van der Waals surface area (Å²) in [6.45, 7) is 0. The molecular formula is C27H18FN3O. The molecule has 3 aromatic carbocycles. The van der Waals surface area contributed by atoms with Crippen LogP contribution in [0.2, 0.25) is 0 Å². The lowest BCUT2D eigenvalue weighted by Crippen LogP contribution is -2.48. The van der Waals surface area contributed by atoms with Crippen molar-refractivity contribution in [3.8, 4) is 12.1 Å². The quantitative estimate of drug-likeness (QED) is 0.553. The van der Waals surface area contributed by atoms with Crippen molar-refractivity contribution in [2.45, 2.75) is 17.5 Å². The number of nitrogens with zero attached hydrogens (tertiary/aromatic N) is 3. The zero-order chi connectivity index (χ0) is 22.3. The van der Waals surface area contributed by atoms with E-state index >= 15 is 0 Å². The van der Waals surface area contributed by atoms with Gasteiger partial charge in [0.25, 0.3) is 0 Å². The molecule has 0 radical (unpaired) electrons. The van der Waals surface area contributed by atoms with Crippen LogP contribution in [0.15, 0.2) is 84.9 Å². The smallest absolute Gasteiger partial charge is 0.223 e. The second kappa shape index (κ2) is 7.48. The van der Waals surface area contributed by atoms with Crippen LogP contribution in [0.25, 0.3) is 6.08 Å². The fourth-order valence-corrected chi connectivity index (χ4v) is 5.10. The number of hydrogen-bond acceptors (Lipinski definition) is 4. The summed E-state index contributed by atoms with van der Waals surface area (Å²) in [7, 11) is 0. The number of halogens is 1. The number of nitriles is 2. The predicted molar refractivity (Wildman–Crippen MR) is 119 cm³/mol. The number of ketones is 1. The van der Waals surface area contributed by atoms with E-state index in [2.05, 4.69) is 12.1 Å². The van der Waals surface area contributed by atoms with E-state index < -0.39 is 29.2 Å². The fraction of sp³-hybridized carbons (Fsp3) is 0.148. The first-order valence-corrected chi connectivity index (χ1v) is 10.3. The first kappa shape index (κ1) is 19.7. The van der Waals surface area contributed by atoms with Gasteiger partial charge in [-0.1, -0.05) is 72.8 Å². The second-order valence-corrected chi connectivity index (χ2v) is 8.05. The summed E-state index contributed by atoms with van der Waals surface area (Å²) < 4.78 is 13.7. The Bertz CT molecular complexity index is 1290. The molecule has 4 nitrogen and oxygen atoms in total. The minimum Gasteiger partial charge on any atom is -0.333 e. The van der Waals surface area contributed by atoms with Crippen molar-refractivity contribution in [1.82, 2.24) is 0 Å². The molecule has 5 rings (SSSR count). The Kier molecular flexibility index (Phi) is 4.61. The summed E-state index contributed by atoms with van der Waals surface area (Å²) in [5.41, 5.74) is 1.08. The van der Waals surface area contributed by atoms with Gasteiger partial charge in [-0.05, 0) is 29.3 Å². The maximum Gasteiger partial charge on any atom is 0.223 e. The van der Waals surface area contributed by atoms with E-state index in [1.54, 1.807) is 41.3 Å². The number of fused-ring (bicyclic) bond motifs is 3. The van der Waals surface area contributed by atoms with Crippen LogP contribution in [0.5, 0.6) is 0 Å². The molecule has 2 aliphatic rings.